The van der Waals surface area contributed by atoms with E-state index in [1.54, 1.807) is 60.7 Å². The maximum atomic E-state index is 12.2. The Kier molecular flexibility index (Phi) is 8.60. The first-order valence-electron chi connectivity index (χ1n) is 8.67. The minimum atomic E-state index is -4.87. The van der Waals surface area contributed by atoms with Crippen LogP contribution in [0.15, 0.2) is 83.8 Å². The number of rotatable bonds is 5. The van der Waals surface area contributed by atoms with Gasteiger partial charge in [-0.1, -0.05) is 36.4 Å². The van der Waals surface area contributed by atoms with E-state index in [-0.39, 0.29) is 40.9 Å². The maximum Gasteiger partial charge on any atom is 1.00 e. The number of hydrogen-bond donors (Lipinski definition) is 4. The zero-order valence-corrected chi connectivity index (χ0v) is 19.3. The summed E-state index contributed by atoms with van der Waals surface area (Å²) in [5.74, 6) is 0. The smallest absolute Gasteiger partial charge is 0.744 e. The number of nitrogens with one attached hydrogen (secondary N) is 4. The van der Waals surface area contributed by atoms with Crippen molar-refractivity contribution in [2.75, 3.05) is 21.3 Å². The van der Waals surface area contributed by atoms with Crippen molar-refractivity contribution in [3.05, 3.63) is 78.9 Å². The van der Waals surface area contributed by atoms with Crippen LogP contribution in [0, 0.1) is 0 Å². The number of para-hydroxylation sites is 2. The van der Waals surface area contributed by atoms with E-state index in [1.807, 2.05) is 0 Å². The number of anilines is 4. The number of carbonyl (C=O) groups is 2. The predicted molar refractivity (Wildman–Crippen MR) is 113 cm³/mol. The fourth-order valence-electron chi connectivity index (χ4n) is 2.54. The van der Waals surface area contributed by atoms with Gasteiger partial charge in [0.05, 0.1) is 10.6 Å². The molecule has 0 atom stereocenters. The molecule has 4 N–H and O–H groups in total. The second kappa shape index (κ2) is 10.9. The third kappa shape index (κ3) is 7.39. The molecule has 0 aromatic heterocycles. The molecule has 0 radical (unpaired) electrons. The van der Waals surface area contributed by atoms with Crippen molar-refractivity contribution >= 4 is 44.9 Å². The van der Waals surface area contributed by atoms with Crippen LogP contribution in [0.25, 0.3) is 0 Å². The summed E-state index contributed by atoms with van der Waals surface area (Å²) in [6.45, 7) is 0. The van der Waals surface area contributed by atoms with Gasteiger partial charge in [0, 0.05) is 17.1 Å². The van der Waals surface area contributed by atoms with E-state index in [9.17, 15) is 22.6 Å². The molecule has 0 aliphatic carbocycles. The molecular formula is C20H17N4NaO5S. The Bertz CT molecular complexity index is 1160. The summed E-state index contributed by atoms with van der Waals surface area (Å²) in [4.78, 5) is 23.7. The predicted octanol–water partition coefficient (Wildman–Crippen LogP) is 0.883. The Balaban J connectivity index is 0.00000341. The molecule has 0 aliphatic rings. The third-order valence-electron chi connectivity index (χ3n) is 3.82. The Hall–Kier alpha value is -2.89. The van der Waals surface area contributed by atoms with Crippen LogP contribution in [-0.4, -0.2) is 25.0 Å². The molecule has 3 aromatic carbocycles. The minimum absolute atomic E-state index is 0. The van der Waals surface area contributed by atoms with Gasteiger partial charge in [-0.25, -0.2) is 18.0 Å². The zero-order valence-electron chi connectivity index (χ0n) is 16.5. The summed E-state index contributed by atoms with van der Waals surface area (Å²) >= 11 is 0. The molecular weight excluding hydrogens is 431 g/mol. The van der Waals surface area contributed by atoms with Crippen LogP contribution in [-0.2, 0) is 10.1 Å². The van der Waals surface area contributed by atoms with Crippen molar-refractivity contribution in [2.45, 2.75) is 4.90 Å². The molecule has 3 aromatic rings. The van der Waals surface area contributed by atoms with Gasteiger partial charge in [0.2, 0.25) is 0 Å². The van der Waals surface area contributed by atoms with E-state index in [1.165, 1.54) is 12.1 Å². The van der Waals surface area contributed by atoms with Crippen LogP contribution in [0.4, 0.5) is 32.3 Å². The van der Waals surface area contributed by atoms with Crippen LogP contribution < -0.4 is 50.8 Å². The SMILES string of the molecule is O=C(Nc1ccccc1)Nc1ccc(S(=O)(=O)[O-])c(NC(=O)Nc2ccccc2)c1.[Na+]. The molecule has 9 nitrogen and oxygen atoms in total. The Labute approximate surface area is 201 Å². The van der Waals surface area contributed by atoms with Gasteiger partial charge in [-0.3, -0.25) is 0 Å². The summed E-state index contributed by atoms with van der Waals surface area (Å²) in [7, 11) is -4.87. The molecule has 11 heteroatoms. The van der Waals surface area contributed by atoms with Gasteiger partial charge in [0.1, 0.15) is 10.1 Å². The van der Waals surface area contributed by atoms with Crippen LogP contribution in [0.5, 0.6) is 0 Å². The van der Waals surface area contributed by atoms with Crippen molar-refractivity contribution in [1.29, 1.82) is 0 Å². The van der Waals surface area contributed by atoms with Crippen molar-refractivity contribution in [3.8, 4) is 0 Å². The first kappa shape index (κ1) is 24.4. The average molecular weight is 448 g/mol. The summed E-state index contributed by atoms with van der Waals surface area (Å²) in [5.41, 5.74) is 0.925. The second-order valence-corrected chi connectivity index (χ2v) is 7.40. The van der Waals surface area contributed by atoms with Crippen molar-refractivity contribution in [2.24, 2.45) is 0 Å². The van der Waals surface area contributed by atoms with Crippen molar-refractivity contribution in [1.82, 2.24) is 0 Å². The molecule has 0 saturated heterocycles. The number of benzene rings is 3. The fourth-order valence-corrected chi connectivity index (χ4v) is 3.16. The topological polar surface area (TPSA) is 139 Å². The molecule has 31 heavy (non-hydrogen) atoms. The number of amides is 4. The van der Waals surface area contributed by atoms with Crippen LogP contribution in [0.1, 0.15) is 0 Å². The molecule has 0 aliphatic heterocycles. The molecule has 0 spiro atoms. The first-order valence-corrected chi connectivity index (χ1v) is 10.1. The third-order valence-corrected chi connectivity index (χ3v) is 4.71. The Morgan fingerprint density at radius 1 is 0.645 bits per heavy atom. The fraction of sp³-hybridized carbons (Fsp3) is 0. The van der Waals surface area contributed by atoms with E-state index in [4.69, 9.17) is 0 Å². The Morgan fingerprint density at radius 3 is 1.58 bits per heavy atom. The molecule has 3 rings (SSSR count). The average Bonchev–Trinajstić information content (AvgIpc) is 2.68. The summed E-state index contributed by atoms with van der Waals surface area (Å²) < 4.78 is 34.6. The van der Waals surface area contributed by atoms with Crippen LogP contribution in [0.3, 0.4) is 0 Å². The summed E-state index contributed by atoms with van der Waals surface area (Å²) in [6.07, 6.45) is 0. The van der Waals surface area contributed by atoms with E-state index in [2.05, 4.69) is 21.3 Å². The number of carbonyl (C=O) groups excluding carboxylic acids is 2. The molecule has 154 valence electrons. The molecule has 0 fully saturated rings. The minimum Gasteiger partial charge on any atom is -0.744 e. The van der Waals surface area contributed by atoms with Gasteiger partial charge in [0.25, 0.3) is 0 Å². The zero-order chi connectivity index (χ0) is 21.6. The van der Waals surface area contributed by atoms with Gasteiger partial charge in [-0.2, -0.15) is 0 Å². The molecule has 0 bridgehead atoms. The monoisotopic (exact) mass is 448 g/mol. The van der Waals surface area contributed by atoms with Gasteiger partial charge < -0.3 is 25.8 Å². The van der Waals surface area contributed by atoms with E-state index in [0.717, 1.165) is 6.07 Å². The number of hydrogen-bond acceptors (Lipinski definition) is 5. The van der Waals surface area contributed by atoms with E-state index < -0.39 is 27.1 Å². The van der Waals surface area contributed by atoms with Gasteiger partial charge >= 0.3 is 41.6 Å². The Morgan fingerprint density at radius 2 is 1.10 bits per heavy atom. The van der Waals surface area contributed by atoms with Gasteiger partial charge in [0.15, 0.2) is 0 Å². The first-order chi connectivity index (χ1) is 14.3. The van der Waals surface area contributed by atoms with Crippen LogP contribution in [0.2, 0.25) is 0 Å². The normalized spacial score (nSPS) is 10.4. The van der Waals surface area contributed by atoms with Crippen LogP contribution >= 0.6 is 0 Å². The maximum absolute atomic E-state index is 12.2. The standard InChI is InChI=1S/C20H18N4O5S.Na/c25-19(21-14-7-3-1-4-8-14)23-16-11-12-18(30(27,28)29)17(13-16)24-20(26)22-15-9-5-2-6-10-15;/h1-13H,(H2,21,23,25)(H2,22,24,26)(H,27,28,29);/q;+1/p-1. The van der Waals surface area contributed by atoms with E-state index in [0.29, 0.717) is 11.4 Å². The van der Waals surface area contributed by atoms with Gasteiger partial charge in [-0.05, 0) is 42.5 Å². The van der Waals surface area contributed by atoms with Crippen molar-refractivity contribution in [3.63, 3.8) is 0 Å². The molecule has 0 heterocycles. The second-order valence-electron chi connectivity index (χ2n) is 6.06. The molecule has 0 saturated carbocycles. The molecule has 4 amide bonds. The quantitative estimate of drug-likeness (QED) is 0.339. The number of urea groups is 2. The van der Waals surface area contributed by atoms with Crippen molar-refractivity contribution < 1.29 is 52.1 Å². The summed E-state index contributed by atoms with van der Waals surface area (Å²) in [5, 5.41) is 9.96. The molecule has 0 unspecified atom stereocenters. The van der Waals surface area contributed by atoms with E-state index >= 15 is 0 Å². The largest absolute Gasteiger partial charge is 1.00 e. The summed E-state index contributed by atoms with van der Waals surface area (Å²) in [6, 6.07) is 19.2. The van der Waals surface area contributed by atoms with Gasteiger partial charge in [-0.15, -0.1) is 0 Å².